The number of anilines is 1. The smallest absolute Gasteiger partial charge is 0.496 e. The molecule has 4 atom stereocenters. The molecule has 0 saturated heterocycles. The molecule has 2 saturated carbocycles. The highest BCUT2D eigenvalue weighted by Crippen LogP contribution is 2.45. The molecule has 3 aliphatic rings. The van der Waals surface area contributed by atoms with Gasteiger partial charge in [0.15, 0.2) is 11.6 Å². The molecule has 0 aliphatic heterocycles. The van der Waals surface area contributed by atoms with Crippen LogP contribution in [0.15, 0.2) is 47.4 Å². The number of carbonyl (C=O) groups is 3. The molecule has 0 unspecified atom stereocenters. The second kappa shape index (κ2) is 13.7. The van der Waals surface area contributed by atoms with Crippen LogP contribution in [-0.2, 0) is 24.2 Å². The third-order valence-electron chi connectivity index (χ3n) is 8.94. The van der Waals surface area contributed by atoms with Gasteiger partial charge in [-0.2, -0.15) is 13.2 Å². The zero-order valence-corrected chi connectivity index (χ0v) is 26.6. The van der Waals surface area contributed by atoms with Crippen LogP contribution in [0, 0.1) is 35.3 Å². The molecule has 2 amide bonds. The summed E-state index contributed by atoms with van der Waals surface area (Å²) < 4.78 is 108. The highest BCUT2D eigenvalue weighted by Gasteiger charge is 2.50. The lowest BCUT2D eigenvalue weighted by Crippen LogP contribution is -2.47. The number of hydrogen-bond donors (Lipinski definition) is 2. The van der Waals surface area contributed by atoms with E-state index in [1.807, 2.05) is 6.08 Å². The Morgan fingerprint density at radius 3 is 2.27 bits per heavy atom. The summed E-state index contributed by atoms with van der Waals surface area (Å²) in [4.78, 5) is 37.5. The number of ether oxygens (including phenoxy) is 3. The van der Waals surface area contributed by atoms with Crippen molar-refractivity contribution in [2.45, 2.75) is 61.6 Å². The summed E-state index contributed by atoms with van der Waals surface area (Å²) in [6.45, 7) is 1.99. The molecule has 0 spiro atoms. The van der Waals surface area contributed by atoms with E-state index in [1.165, 1.54) is 13.2 Å². The number of allylic oxidation sites excluding steroid dienone is 1. The van der Waals surface area contributed by atoms with E-state index in [0.29, 0.717) is 44.2 Å². The molecule has 2 bridgehead atoms. The molecule has 2 aromatic rings. The van der Waals surface area contributed by atoms with E-state index in [9.17, 15) is 40.4 Å². The predicted molar refractivity (Wildman–Crippen MR) is 160 cm³/mol. The van der Waals surface area contributed by atoms with Crippen LogP contribution in [0.4, 0.5) is 27.6 Å². The molecule has 0 aromatic heterocycles. The number of rotatable bonds is 10. The Morgan fingerprint density at radius 2 is 1.62 bits per heavy atom. The predicted octanol–water partition coefficient (Wildman–Crippen LogP) is 5.33. The monoisotopic (exact) mass is 700 g/mol. The fourth-order valence-electron chi connectivity index (χ4n) is 6.57. The maximum atomic E-state index is 15.0. The lowest BCUT2D eigenvalue weighted by Gasteiger charge is -2.29. The first kappa shape index (κ1) is 35.1. The first-order chi connectivity index (χ1) is 22.6. The second-order valence-corrected chi connectivity index (χ2v) is 13.8. The van der Waals surface area contributed by atoms with E-state index in [0.717, 1.165) is 12.1 Å². The Kier molecular flexibility index (Phi) is 10.0. The van der Waals surface area contributed by atoms with Gasteiger partial charge < -0.3 is 24.8 Å². The topological polar surface area (TPSA) is 137 Å². The van der Waals surface area contributed by atoms with Gasteiger partial charge in [-0.3, -0.25) is 14.4 Å². The summed E-state index contributed by atoms with van der Waals surface area (Å²) >= 11 is 0. The van der Waals surface area contributed by atoms with Gasteiger partial charge in [-0.15, -0.1) is 0 Å². The van der Waals surface area contributed by atoms with Crippen molar-refractivity contribution >= 4 is 33.3 Å². The first-order valence-electron chi connectivity index (χ1n) is 15.3. The number of amides is 2. The molecule has 16 heteroatoms. The second-order valence-electron chi connectivity index (χ2n) is 11.9. The lowest BCUT2D eigenvalue weighted by atomic mass is 9.87. The molecule has 2 N–H and O–H groups in total. The Balaban J connectivity index is 1.31. The van der Waals surface area contributed by atoms with E-state index in [2.05, 4.69) is 10.6 Å². The van der Waals surface area contributed by atoms with Gasteiger partial charge >= 0.3 is 11.5 Å². The van der Waals surface area contributed by atoms with Crippen LogP contribution in [0.3, 0.4) is 0 Å². The van der Waals surface area contributed by atoms with Gasteiger partial charge in [-0.05, 0) is 75.1 Å². The molecule has 5 rings (SSSR count). The Hall–Kier alpha value is -4.21. The number of hydrogen-bond acceptors (Lipinski definition) is 8. The maximum Gasteiger partial charge on any atom is 0.502 e. The molecule has 2 aromatic carbocycles. The Labute approximate surface area is 272 Å². The third-order valence-corrected chi connectivity index (χ3v) is 10.4. The van der Waals surface area contributed by atoms with Crippen LogP contribution < -0.4 is 20.1 Å². The quantitative estimate of drug-likeness (QED) is 0.193. The standard InChI is InChI=1S/C32H33F5N2O8S/c1-3-46-31(42)16-6-9-20(10-7-16)47-25-14-21(24(45-2)15-23(25)34)29(40)39-28-18-5-4-17(12-18)27(28)30(41)38-19-8-11-22(33)26(13-19)48(43,44)32(35,36)37/h4-5,8,11,13-18,20,27-28H,3,6-7,9-10,12H2,1-2H3,(H,38,41)(H,39,40)/t16?,17-,18+,20?,27+,28-/m1/s1. The minimum atomic E-state index is -6.04. The zero-order valence-electron chi connectivity index (χ0n) is 25.8. The average Bonchev–Trinajstić information content (AvgIpc) is 3.64. The van der Waals surface area contributed by atoms with Crippen LogP contribution in [0.1, 0.15) is 49.4 Å². The van der Waals surface area contributed by atoms with Crippen molar-refractivity contribution in [2.75, 3.05) is 19.0 Å². The summed E-state index contributed by atoms with van der Waals surface area (Å²) in [6.07, 6.45) is 5.53. The minimum Gasteiger partial charge on any atom is -0.496 e. The Bertz CT molecular complexity index is 1720. The summed E-state index contributed by atoms with van der Waals surface area (Å²) in [5.41, 5.74) is -6.24. The molecule has 0 radical (unpaired) electrons. The summed E-state index contributed by atoms with van der Waals surface area (Å²) in [6, 6.07) is 3.19. The van der Waals surface area contributed by atoms with E-state index in [1.54, 1.807) is 13.0 Å². The van der Waals surface area contributed by atoms with Gasteiger partial charge in [0.2, 0.25) is 5.91 Å². The zero-order chi connectivity index (χ0) is 35.0. The molecular weight excluding hydrogens is 667 g/mol. The lowest BCUT2D eigenvalue weighted by molar-refractivity contribution is -0.149. The van der Waals surface area contributed by atoms with E-state index >= 15 is 4.39 Å². The minimum absolute atomic E-state index is 0.0828. The highest BCUT2D eigenvalue weighted by molar-refractivity contribution is 7.92. The van der Waals surface area contributed by atoms with Crippen LogP contribution >= 0.6 is 0 Å². The summed E-state index contributed by atoms with van der Waals surface area (Å²) in [5.74, 6) is -6.36. The van der Waals surface area contributed by atoms with Crippen LogP contribution in [-0.4, -0.2) is 57.6 Å². The van der Waals surface area contributed by atoms with E-state index < -0.39 is 61.8 Å². The van der Waals surface area contributed by atoms with Gasteiger partial charge in [-0.25, -0.2) is 17.2 Å². The van der Waals surface area contributed by atoms with E-state index in [4.69, 9.17) is 14.2 Å². The van der Waals surface area contributed by atoms with Crippen molar-refractivity contribution in [3.63, 3.8) is 0 Å². The van der Waals surface area contributed by atoms with Gasteiger partial charge in [0, 0.05) is 17.8 Å². The number of alkyl halides is 3. The van der Waals surface area contributed by atoms with Crippen molar-refractivity contribution in [3.8, 4) is 11.5 Å². The molecule has 2 fully saturated rings. The molecule has 10 nitrogen and oxygen atoms in total. The van der Waals surface area contributed by atoms with Crippen molar-refractivity contribution < 1.29 is 59.0 Å². The molecular formula is C32H33F5N2O8S. The van der Waals surface area contributed by atoms with Crippen molar-refractivity contribution in [2.24, 2.45) is 23.7 Å². The maximum absolute atomic E-state index is 15.0. The molecule has 48 heavy (non-hydrogen) atoms. The Morgan fingerprint density at radius 1 is 0.938 bits per heavy atom. The fraction of sp³-hybridized carbons (Fsp3) is 0.469. The van der Waals surface area contributed by atoms with E-state index in [-0.39, 0.29) is 53.1 Å². The normalized spacial score (nSPS) is 25.0. The van der Waals surface area contributed by atoms with Crippen LogP contribution in [0.5, 0.6) is 11.5 Å². The number of nitrogens with one attached hydrogen (secondary N) is 2. The van der Waals surface area contributed by atoms with Crippen molar-refractivity contribution in [1.29, 1.82) is 0 Å². The number of benzene rings is 2. The highest BCUT2D eigenvalue weighted by atomic mass is 32.2. The summed E-state index contributed by atoms with van der Waals surface area (Å²) in [5, 5.41) is 5.16. The number of esters is 1. The number of sulfone groups is 1. The third kappa shape index (κ3) is 6.98. The van der Waals surface area contributed by atoms with Crippen molar-refractivity contribution in [3.05, 3.63) is 59.7 Å². The first-order valence-corrected chi connectivity index (χ1v) is 16.7. The van der Waals surface area contributed by atoms with Gasteiger partial charge in [0.1, 0.15) is 16.5 Å². The number of halogens is 5. The average molecular weight is 701 g/mol. The van der Waals surface area contributed by atoms with Crippen molar-refractivity contribution in [1.82, 2.24) is 5.32 Å². The van der Waals surface area contributed by atoms with Gasteiger partial charge in [-0.1, -0.05) is 12.2 Å². The number of carbonyl (C=O) groups excluding carboxylic acids is 3. The fourth-order valence-corrected chi connectivity index (χ4v) is 7.43. The summed E-state index contributed by atoms with van der Waals surface area (Å²) in [7, 11) is -4.80. The SMILES string of the molecule is CCOC(=O)C1CCC(Oc2cc(C(=O)N[C@H]3[C@@H](C(=O)Nc4ccc(F)c(S(=O)(=O)C(F)(F)F)c4)[C@@H]4C=C[C@H]3C4)c(OC)cc2F)CC1. The number of methoxy groups -OCH3 is 1. The van der Waals surface area contributed by atoms with Gasteiger partial charge in [0.05, 0.1) is 37.2 Å². The van der Waals surface area contributed by atoms with Crippen LogP contribution in [0.25, 0.3) is 0 Å². The largest absolute Gasteiger partial charge is 0.502 e. The number of fused-ring (bicyclic) bond motifs is 2. The van der Waals surface area contributed by atoms with Crippen LogP contribution in [0.2, 0.25) is 0 Å². The van der Waals surface area contributed by atoms with Gasteiger partial charge in [0.25, 0.3) is 15.7 Å². The molecule has 3 aliphatic carbocycles. The molecule has 260 valence electrons. The molecule has 0 heterocycles.